The molecule has 0 radical (unpaired) electrons. The normalized spacial score (nSPS) is 12.5. The van der Waals surface area contributed by atoms with E-state index in [1.165, 1.54) is 5.56 Å². The first-order valence-corrected chi connectivity index (χ1v) is 6.72. The van der Waals surface area contributed by atoms with Crippen LogP contribution in [0.5, 0.6) is 5.75 Å². The molecule has 104 valence electrons. The van der Waals surface area contributed by atoms with Crippen molar-refractivity contribution in [3.63, 3.8) is 0 Å². The summed E-state index contributed by atoms with van der Waals surface area (Å²) in [5.74, 6) is 1.41. The molecule has 3 nitrogen and oxygen atoms in total. The fourth-order valence-electron chi connectivity index (χ4n) is 2.26. The number of benzene rings is 1. The van der Waals surface area contributed by atoms with Crippen LogP contribution in [0.4, 0.5) is 0 Å². The summed E-state index contributed by atoms with van der Waals surface area (Å²) < 4.78 is 5.54. The maximum Gasteiger partial charge on any atom is 0.123 e. The minimum atomic E-state index is 0.218. The van der Waals surface area contributed by atoms with Crippen molar-refractivity contribution in [3.05, 3.63) is 29.3 Å². The fraction of sp³-hybridized carbons (Fsp3) is 0.562. The van der Waals surface area contributed by atoms with Crippen molar-refractivity contribution in [1.29, 1.82) is 5.26 Å². The Hall–Kier alpha value is -1.53. The number of methoxy groups -OCH3 is 1. The molecule has 0 N–H and O–H groups in total. The van der Waals surface area contributed by atoms with Gasteiger partial charge in [0.25, 0.3) is 0 Å². The maximum atomic E-state index is 8.79. The van der Waals surface area contributed by atoms with Crippen LogP contribution in [0.1, 0.15) is 49.8 Å². The third-order valence-corrected chi connectivity index (χ3v) is 3.44. The van der Waals surface area contributed by atoms with Crippen LogP contribution in [0.15, 0.2) is 18.2 Å². The Morgan fingerprint density at radius 3 is 2.47 bits per heavy atom. The number of hydrogen-bond donors (Lipinski definition) is 0. The Bertz CT molecular complexity index is 447. The van der Waals surface area contributed by atoms with E-state index in [0.29, 0.717) is 12.3 Å². The number of rotatable bonds is 6. The average Bonchev–Trinajstić information content (AvgIpc) is 2.38. The van der Waals surface area contributed by atoms with Crippen molar-refractivity contribution in [3.8, 4) is 11.8 Å². The van der Waals surface area contributed by atoms with Gasteiger partial charge in [-0.2, -0.15) is 5.26 Å². The van der Waals surface area contributed by atoms with E-state index in [1.807, 2.05) is 14.1 Å². The summed E-state index contributed by atoms with van der Waals surface area (Å²) in [4.78, 5) is 2.14. The Labute approximate surface area is 116 Å². The van der Waals surface area contributed by atoms with Gasteiger partial charge < -0.3 is 9.64 Å². The minimum absolute atomic E-state index is 0.218. The fourth-order valence-corrected chi connectivity index (χ4v) is 2.26. The van der Waals surface area contributed by atoms with Gasteiger partial charge in [0.05, 0.1) is 13.2 Å². The highest BCUT2D eigenvalue weighted by atomic mass is 16.5. The van der Waals surface area contributed by atoms with Gasteiger partial charge in [0.1, 0.15) is 5.75 Å². The summed E-state index contributed by atoms with van der Waals surface area (Å²) in [6.07, 6.45) is 1.37. The molecule has 0 bridgehead atoms. The lowest BCUT2D eigenvalue weighted by Crippen LogP contribution is -2.20. The summed E-state index contributed by atoms with van der Waals surface area (Å²) in [6, 6.07) is 8.85. The van der Waals surface area contributed by atoms with Gasteiger partial charge in [-0.25, -0.2) is 0 Å². The molecule has 0 heterocycles. The Morgan fingerprint density at radius 1 is 1.32 bits per heavy atom. The lowest BCUT2D eigenvalue weighted by Gasteiger charge is -2.26. The van der Waals surface area contributed by atoms with Crippen LogP contribution in [0, 0.1) is 11.3 Å². The molecule has 1 rings (SSSR count). The zero-order valence-corrected chi connectivity index (χ0v) is 12.6. The minimum Gasteiger partial charge on any atom is -0.496 e. The van der Waals surface area contributed by atoms with Crippen LogP contribution in [-0.2, 0) is 0 Å². The number of nitriles is 1. The first-order valence-electron chi connectivity index (χ1n) is 6.72. The second-order valence-corrected chi connectivity index (χ2v) is 5.33. The van der Waals surface area contributed by atoms with E-state index in [9.17, 15) is 0 Å². The van der Waals surface area contributed by atoms with Crippen molar-refractivity contribution < 1.29 is 4.74 Å². The van der Waals surface area contributed by atoms with E-state index >= 15 is 0 Å². The van der Waals surface area contributed by atoms with Crippen LogP contribution >= 0.6 is 0 Å². The number of ether oxygens (including phenoxy) is 1. The molecular weight excluding hydrogens is 236 g/mol. The smallest absolute Gasteiger partial charge is 0.123 e. The van der Waals surface area contributed by atoms with E-state index in [2.05, 4.69) is 43.0 Å². The van der Waals surface area contributed by atoms with E-state index in [1.54, 1.807) is 7.11 Å². The van der Waals surface area contributed by atoms with Crippen LogP contribution < -0.4 is 4.74 Å². The lowest BCUT2D eigenvalue weighted by atomic mass is 9.95. The van der Waals surface area contributed by atoms with Gasteiger partial charge in [-0.15, -0.1) is 0 Å². The van der Waals surface area contributed by atoms with Crippen molar-refractivity contribution in [2.45, 2.75) is 38.6 Å². The Balaban J connectivity index is 3.12. The molecular formula is C16H24N2O. The molecule has 0 amide bonds. The first kappa shape index (κ1) is 15.5. The molecule has 0 aliphatic rings. The maximum absolute atomic E-state index is 8.79. The third-order valence-electron chi connectivity index (χ3n) is 3.44. The molecule has 0 aliphatic carbocycles. The van der Waals surface area contributed by atoms with Crippen LogP contribution in [0.2, 0.25) is 0 Å². The molecule has 1 atom stereocenters. The molecule has 1 aromatic carbocycles. The molecule has 0 fully saturated rings. The zero-order valence-electron chi connectivity index (χ0n) is 12.6. The SMILES string of the molecule is COc1cc(C(C)C)ccc1C(CCC#N)N(C)C. The van der Waals surface area contributed by atoms with E-state index in [0.717, 1.165) is 17.7 Å². The average molecular weight is 260 g/mol. The highest BCUT2D eigenvalue weighted by Gasteiger charge is 2.18. The largest absolute Gasteiger partial charge is 0.496 e. The zero-order chi connectivity index (χ0) is 14.4. The van der Waals surface area contributed by atoms with Crippen LogP contribution in [0.3, 0.4) is 0 Å². The van der Waals surface area contributed by atoms with Gasteiger partial charge in [0.2, 0.25) is 0 Å². The van der Waals surface area contributed by atoms with E-state index < -0.39 is 0 Å². The molecule has 0 spiro atoms. The van der Waals surface area contributed by atoms with Gasteiger partial charge in [0.15, 0.2) is 0 Å². The van der Waals surface area contributed by atoms with Gasteiger partial charge in [-0.3, -0.25) is 0 Å². The quantitative estimate of drug-likeness (QED) is 0.782. The van der Waals surface area contributed by atoms with Crippen molar-refractivity contribution in [2.75, 3.05) is 21.2 Å². The van der Waals surface area contributed by atoms with Gasteiger partial charge in [0, 0.05) is 18.0 Å². The second-order valence-electron chi connectivity index (χ2n) is 5.33. The van der Waals surface area contributed by atoms with E-state index in [4.69, 9.17) is 10.00 Å². The predicted molar refractivity (Wildman–Crippen MR) is 78.4 cm³/mol. The molecule has 0 aliphatic heterocycles. The molecule has 19 heavy (non-hydrogen) atoms. The summed E-state index contributed by atoms with van der Waals surface area (Å²) in [6.45, 7) is 4.35. The summed E-state index contributed by atoms with van der Waals surface area (Å²) >= 11 is 0. The van der Waals surface area contributed by atoms with Crippen LogP contribution in [-0.4, -0.2) is 26.1 Å². The molecule has 1 aromatic rings. The summed E-state index contributed by atoms with van der Waals surface area (Å²) in [5, 5.41) is 8.79. The van der Waals surface area contributed by atoms with Gasteiger partial charge >= 0.3 is 0 Å². The highest BCUT2D eigenvalue weighted by molar-refractivity contribution is 5.40. The number of nitrogens with zero attached hydrogens (tertiary/aromatic N) is 2. The van der Waals surface area contributed by atoms with Crippen molar-refractivity contribution in [2.24, 2.45) is 0 Å². The predicted octanol–water partition coefficient (Wildman–Crippen LogP) is 3.73. The molecule has 0 saturated heterocycles. The second kappa shape index (κ2) is 7.16. The van der Waals surface area contributed by atoms with Gasteiger partial charge in [-0.1, -0.05) is 26.0 Å². The molecule has 0 saturated carbocycles. The Morgan fingerprint density at radius 2 is 2.00 bits per heavy atom. The monoisotopic (exact) mass is 260 g/mol. The third kappa shape index (κ3) is 3.97. The Kier molecular flexibility index (Phi) is 5.85. The van der Waals surface area contributed by atoms with E-state index in [-0.39, 0.29) is 6.04 Å². The molecule has 0 aromatic heterocycles. The van der Waals surface area contributed by atoms with Crippen molar-refractivity contribution in [1.82, 2.24) is 4.90 Å². The molecule has 3 heteroatoms. The summed E-state index contributed by atoms with van der Waals surface area (Å²) in [7, 11) is 5.79. The highest BCUT2D eigenvalue weighted by Crippen LogP contribution is 2.33. The van der Waals surface area contributed by atoms with Gasteiger partial charge in [-0.05, 0) is 38.1 Å². The topological polar surface area (TPSA) is 36.3 Å². The molecule has 1 unspecified atom stereocenters. The summed E-state index contributed by atoms with van der Waals surface area (Å²) in [5.41, 5.74) is 2.44. The standard InChI is InChI=1S/C16H24N2O/c1-12(2)13-8-9-14(16(11-13)19-5)15(18(3)4)7-6-10-17/h8-9,11-12,15H,6-7H2,1-5H3. The number of hydrogen-bond acceptors (Lipinski definition) is 3. The first-order chi connectivity index (χ1) is 9.01. The van der Waals surface area contributed by atoms with Crippen LogP contribution in [0.25, 0.3) is 0 Å². The van der Waals surface area contributed by atoms with Crippen molar-refractivity contribution >= 4 is 0 Å². The lowest BCUT2D eigenvalue weighted by molar-refractivity contribution is 0.276.